The summed E-state index contributed by atoms with van der Waals surface area (Å²) in [5.74, 6) is 0. The predicted molar refractivity (Wildman–Crippen MR) is 127 cm³/mol. The first-order valence-electron chi connectivity index (χ1n) is 12.2. The van der Waals surface area contributed by atoms with E-state index in [4.69, 9.17) is 9.47 Å². The normalized spacial score (nSPS) is 19.1. The largest absolute Gasteiger partial charge is 0.373 e. The quantitative estimate of drug-likeness (QED) is 0.332. The number of rotatable bonds is 12. The standard InChI is InChI=1S/C28H40O2/c1-3-5-7-9-11-23-13-15-24(16-14-23)25-17-19-26(20-18-25)28-22-29-27(21-30-28)12-10-8-6-4-2/h13-20,27-28H,3-12,21-22H2,1-2H3. The second-order valence-electron chi connectivity index (χ2n) is 8.76. The van der Waals surface area contributed by atoms with Gasteiger partial charge in [0, 0.05) is 0 Å². The molecule has 3 rings (SSSR count). The van der Waals surface area contributed by atoms with Gasteiger partial charge in [0.05, 0.1) is 19.3 Å². The van der Waals surface area contributed by atoms with E-state index in [1.165, 1.54) is 80.0 Å². The lowest BCUT2D eigenvalue weighted by Crippen LogP contribution is -2.31. The van der Waals surface area contributed by atoms with E-state index in [2.05, 4.69) is 62.4 Å². The molecule has 0 radical (unpaired) electrons. The van der Waals surface area contributed by atoms with E-state index >= 15 is 0 Å². The average Bonchev–Trinajstić information content (AvgIpc) is 2.81. The van der Waals surface area contributed by atoms with Crippen molar-refractivity contribution in [3.8, 4) is 11.1 Å². The van der Waals surface area contributed by atoms with E-state index in [0.29, 0.717) is 6.61 Å². The van der Waals surface area contributed by atoms with Crippen LogP contribution in [-0.2, 0) is 15.9 Å². The van der Waals surface area contributed by atoms with E-state index in [-0.39, 0.29) is 12.2 Å². The van der Waals surface area contributed by atoms with Gasteiger partial charge in [-0.25, -0.2) is 0 Å². The highest BCUT2D eigenvalue weighted by atomic mass is 16.6. The van der Waals surface area contributed by atoms with Crippen molar-refractivity contribution in [2.45, 2.75) is 90.3 Å². The molecule has 0 spiro atoms. The monoisotopic (exact) mass is 408 g/mol. The Labute approximate surface area is 184 Å². The number of unbranched alkanes of at least 4 members (excludes halogenated alkanes) is 6. The molecule has 0 N–H and O–H groups in total. The van der Waals surface area contributed by atoms with Crippen LogP contribution in [0.1, 0.15) is 88.9 Å². The molecule has 0 aromatic heterocycles. The van der Waals surface area contributed by atoms with E-state index in [9.17, 15) is 0 Å². The number of ether oxygens (including phenoxy) is 2. The molecular formula is C28H40O2. The number of benzene rings is 2. The molecule has 2 aromatic rings. The smallest absolute Gasteiger partial charge is 0.106 e. The van der Waals surface area contributed by atoms with Crippen molar-refractivity contribution in [3.63, 3.8) is 0 Å². The van der Waals surface area contributed by atoms with Gasteiger partial charge in [-0.2, -0.15) is 0 Å². The molecule has 2 atom stereocenters. The maximum atomic E-state index is 6.12. The topological polar surface area (TPSA) is 18.5 Å². The van der Waals surface area contributed by atoms with Crippen LogP contribution >= 0.6 is 0 Å². The van der Waals surface area contributed by atoms with E-state index in [0.717, 1.165) is 13.0 Å². The van der Waals surface area contributed by atoms with Crippen LogP contribution in [-0.4, -0.2) is 19.3 Å². The Kier molecular flexibility index (Phi) is 9.92. The number of hydrogen-bond donors (Lipinski definition) is 0. The van der Waals surface area contributed by atoms with Gasteiger partial charge < -0.3 is 9.47 Å². The Morgan fingerprint density at radius 2 is 1.30 bits per heavy atom. The Balaban J connectivity index is 1.46. The summed E-state index contributed by atoms with van der Waals surface area (Å²) in [5, 5.41) is 0. The van der Waals surface area contributed by atoms with Gasteiger partial charge in [0.15, 0.2) is 0 Å². The molecule has 0 saturated carbocycles. The lowest BCUT2D eigenvalue weighted by Gasteiger charge is -2.30. The van der Waals surface area contributed by atoms with E-state index in [1.807, 2.05) is 0 Å². The van der Waals surface area contributed by atoms with Gasteiger partial charge in [-0.15, -0.1) is 0 Å². The van der Waals surface area contributed by atoms with Crippen molar-refractivity contribution in [3.05, 3.63) is 59.7 Å². The van der Waals surface area contributed by atoms with Crippen molar-refractivity contribution in [1.82, 2.24) is 0 Å². The zero-order valence-corrected chi connectivity index (χ0v) is 19.1. The lowest BCUT2D eigenvalue weighted by molar-refractivity contribution is -0.137. The maximum Gasteiger partial charge on any atom is 0.106 e. The Hall–Kier alpha value is -1.64. The SMILES string of the molecule is CCCCCCc1ccc(-c2ccc(C3COC(CCCCCC)CO3)cc2)cc1. The van der Waals surface area contributed by atoms with Crippen molar-refractivity contribution in [1.29, 1.82) is 0 Å². The minimum atomic E-state index is 0.0661. The molecule has 0 amide bonds. The first-order valence-corrected chi connectivity index (χ1v) is 12.2. The first-order chi connectivity index (χ1) is 14.8. The first kappa shape index (κ1) is 23.0. The molecule has 2 heteroatoms. The molecule has 2 aromatic carbocycles. The Morgan fingerprint density at radius 3 is 1.90 bits per heavy atom. The number of hydrogen-bond acceptors (Lipinski definition) is 2. The summed E-state index contributed by atoms with van der Waals surface area (Å²) in [6, 6.07) is 17.9. The van der Waals surface area contributed by atoms with Gasteiger partial charge in [-0.3, -0.25) is 0 Å². The van der Waals surface area contributed by atoms with Crippen molar-refractivity contribution < 1.29 is 9.47 Å². The third-order valence-electron chi connectivity index (χ3n) is 6.23. The fourth-order valence-corrected chi connectivity index (χ4v) is 4.21. The summed E-state index contributed by atoms with van der Waals surface area (Å²) in [7, 11) is 0. The second-order valence-corrected chi connectivity index (χ2v) is 8.76. The van der Waals surface area contributed by atoms with Crippen molar-refractivity contribution >= 4 is 0 Å². The maximum absolute atomic E-state index is 6.12. The minimum absolute atomic E-state index is 0.0661. The van der Waals surface area contributed by atoms with Gasteiger partial charge in [0.2, 0.25) is 0 Å². The molecule has 0 bridgehead atoms. The van der Waals surface area contributed by atoms with Crippen LogP contribution in [0.4, 0.5) is 0 Å². The third kappa shape index (κ3) is 7.25. The highest BCUT2D eigenvalue weighted by Gasteiger charge is 2.23. The Morgan fingerprint density at radius 1 is 0.667 bits per heavy atom. The summed E-state index contributed by atoms with van der Waals surface area (Å²) in [6.45, 7) is 5.91. The van der Waals surface area contributed by atoms with Gasteiger partial charge in [0.25, 0.3) is 0 Å². The molecule has 1 aliphatic heterocycles. The van der Waals surface area contributed by atoms with Gasteiger partial charge in [-0.1, -0.05) is 107 Å². The van der Waals surface area contributed by atoms with Crippen LogP contribution < -0.4 is 0 Å². The highest BCUT2D eigenvalue weighted by Crippen LogP contribution is 2.28. The van der Waals surface area contributed by atoms with Crippen LogP contribution in [0.3, 0.4) is 0 Å². The third-order valence-corrected chi connectivity index (χ3v) is 6.23. The molecule has 1 heterocycles. The van der Waals surface area contributed by atoms with Crippen molar-refractivity contribution in [2.24, 2.45) is 0 Å². The fourth-order valence-electron chi connectivity index (χ4n) is 4.21. The molecular weight excluding hydrogens is 368 g/mol. The molecule has 0 aliphatic carbocycles. The van der Waals surface area contributed by atoms with E-state index in [1.54, 1.807) is 0 Å². The lowest BCUT2D eigenvalue weighted by atomic mass is 9.99. The van der Waals surface area contributed by atoms with Crippen molar-refractivity contribution in [2.75, 3.05) is 13.2 Å². The zero-order chi connectivity index (χ0) is 21.0. The summed E-state index contributed by atoms with van der Waals surface area (Å²) in [4.78, 5) is 0. The molecule has 1 saturated heterocycles. The average molecular weight is 409 g/mol. The highest BCUT2D eigenvalue weighted by molar-refractivity contribution is 5.64. The molecule has 1 fully saturated rings. The summed E-state index contributed by atoms with van der Waals surface area (Å²) in [5.41, 5.74) is 5.22. The number of aryl methyl sites for hydroxylation is 1. The van der Waals surface area contributed by atoms with Crippen LogP contribution in [0.5, 0.6) is 0 Å². The van der Waals surface area contributed by atoms with Crippen LogP contribution in [0.25, 0.3) is 11.1 Å². The summed E-state index contributed by atoms with van der Waals surface area (Å²) >= 11 is 0. The van der Waals surface area contributed by atoms with Crippen LogP contribution in [0.2, 0.25) is 0 Å². The zero-order valence-electron chi connectivity index (χ0n) is 19.1. The van der Waals surface area contributed by atoms with Crippen LogP contribution in [0.15, 0.2) is 48.5 Å². The van der Waals surface area contributed by atoms with Crippen LogP contribution in [0, 0.1) is 0 Å². The Bertz CT molecular complexity index is 696. The van der Waals surface area contributed by atoms with Gasteiger partial charge >= 0.3 is 0 Å². The summed E-state index contributed by atoms with van der Waals surface area (Å²) in [6.07, 6.45) is 13.1. The molecule has 1 aliphatic rings. The fraction of sp³-hybridized carbons (Fsp3) is 0.571. The van der Waals surface area contributed by atoms with Gasteiger partial charge in [-0.05, 0) is 41.5 Å². The molecule has 2 unspecified atom stereocenters. The minimum Gasteiger partial charge on any atom is -0.373 e. The van der Waals surface area contributed by atoms with E-state index < -0.39 is 0 Å². The molecule has 164 valence electrons. The predicted octanol–water partition coefficient (Wildman–Crippen LogP) is 7.90. The van der Waals surface area contributed by atoms with Gasteiger partial charge in [0.1, 0.15) is 6.10 Å². The second kappa shape index (κ2) is 12.9. The summed E-state index contributed by atoms with van der Waals surface area (Å²) < 4.78 is 12.2. The molecule has 30 heavy (non-hydrogen) atoms. The molecule has 2 nitrogen and oxygen atoms in total.